The molecule has 0 heterocycles. The molecule has 0 aliphatic heterocycles. The molecule has 0 radical (unpaired) electrons. The van der Waals surface area contributed by atoms with Crippen molar-refractivity contribution in [3.8, 4) is 0 Å². The predicted octanol–water partition coefficient (Wildman–Crippen LogP) is -3.96. The molecule has 0 rings (SSSR count). The second-order valence-corrected chi connectivity index (χ2v) is 5.96. The Labute approximate surface area is 160 Å². The summed E-state index contributed by atoms with van der Waals surface area (Å²) in [5.41, 5.74) is 15.1. The Hall–Kier alpha value is -3.22. The van der Waals surface area contributed by atoms with Crippen LogP contribution in [0.15, 0.2) is 0 Å². The second-order valence-electron chi connectivity index (χ2n) is 5.96. The van der Waals surface area contributed by atoms with Gasteiger partial charge in [0.05, 0.1) is 6.54 Å². The van der Waals surface area contributed by atoms with Crippen molar-refractivity contribution in [2.75, 3.05) is 6.54 Å². The third-order valence-electron chi connectivity index (χ3n) is 3.56. The molecule has 0 fully saturated rings. The number of nitrogens with one attached hydrogen (secondary N) is 3. The van der Waals surface area contributed by atoms with Gasteiger partial charge in [0.2, 0.25) is 29.5 Å². The molecule has 0 saturated carbocycles. The number of carboxylic acid groups (broad SMARTS) is 1. The average molecular weight is 402 g/mol. The van der Waals surface area contributed by atoms with Crippen molar-refractivity contribution in [1.29, 1.82) is 0 Å². The van der Waals surface area contributed by atoms with E-state index < -0.39 is 53.6 Å². The van der Waals surface area contributed by atoms with Crippen LogP contribution >= 0.6 is 0 Å². The molecule has 0 saturated heterocycles. The van der Waals surface area contributed by atoms with E-state index in [9.17, 15) is 28.8 Å². The smallest absolute Gasteiger partial charge is 0.326 e. The fourth-order valence-electron chi connectivity index (χ4n) is 2.03. The third kappa shape index (κ3) is 10.1. The Morgan fingerprint density at radius 2 is 1.29 bits per heavy atom. The summed E-state index contributed by atoms with van der Waals surface area (Å²) in [7, 11) is 0. The molecular weight excluding hydrogens is 376 g/mol. The van der Waals surface area contributed by atoms with Gasteiger partial charge in [-0.2, -0.15) is 0 Å². The first-order valence-electron chi connectivity index (χ1n) is 8.37. The molecular formula is C15H26N6O7. The van der Waals surface area contributed by atoms with Crippen molar-refractivity contribution in [3.05, 3.63) is 0 Å². The maximum Gasteiger partial charge on any atom is 0.326 e. The summed E-state index contributed by atoms with van der Waals surface area (Å²) in [6.07, 6.45) is -0.999. The van der Waals surface area contributed by atoms with E-state index in [1.807, 2.05) is 0 Å². The van der Waals surface area contributed by atoms with Crippen LogP contribution in [0.5, 0.6) is 0 Å². The number of nitrogens with two attached hydrogens (primary N) is 3. The number of carbonyl (C=O) groups is 6. The zero-order valence-electron chi connectivity index (χ0n) is 15.4. The van der Waals surface area contributed by atoms with Crippen molar-refractivity contribution < 1.29 is 33.9 Å². The second kappa shape index (κ2) is 12.2. The topological polar surface area (TPSA) is 237 Å². The summed E-state index contributed by atoms with van der Waals surface area (Å²) >= 11 is 0. The number of primary amides is 2. The lowest BCUT2D eigenvalue weighted by Crippen LogP contribution is -2.55. The predicted molar refractivity (Wildman–Crippen MR) is 95.0 cm³/mol. The van der Waals surface area contributed by atoms with Crippen molar-refractivity contribution >= 4 is 35.5 Å². The normalized spacial score (nSPS) is 13.5. The van der Waals surface area contributed by atoms with E-state index in [4.69, 9.17) is 22.3 Å². The van der Waals surface area contributed by atoms with Gasteiger partial charge in [-0.05, 0) is 19.8 Å². The van der Waals surface area contributed by atoms with Crippen molar-refractivity contribution in [3.63, 3.8) is 0 Å². The van der Waals surface area contributed by atoms with Crippen LogP contribution in [-0.2, 0) is 28.8 Å². The molecule has 0 aromatic heterocycles. The van der Waals surface area contributed by atoms with Crippen LogP contribution in [0.1, 0.15) is 32.6 Å². The molecule has 3 atom stereocenters. The highest BCUT2D eigenvalue weighted by molar-refractivity contribution is 5.93. The highest BCUT2D eigenvalue weighted by Gasteiger charge is 2.28. The first kappa shape index (κ1) is 24.8. The van der Waals surface area contributed by atoms with Crippen molar-refractivity contribution in [1.82, 2.24) is 16.0 Å². The van der Waals surface area contributed by atoms with Gasteiger partial charge in [0.15, 0.2) is 0 Å². The molecule has 0 aliphatic carbocycles. The molecule has 13 heteroatoms. The van der Waals surface area contributed by atoms with Crippen LogP contribution in [0, 0.1) is 0 Å². The molecule has 13 nitrogen and oxygen atoms in total. The highest BCUT2D eigenvalue weighted by Crippen LogP contribution is 2.03. The molecule has 158 valence electrons. The lowest BCUT2D eigenvalue weighted by atomic mass is 10.1. The number of aliphatic carboxylic acids is 1. The fourth-order valence-corrected chi connectivity index (χ4v) is 2.03. The highest BCUT2D eigenvalue weighted by atomic mass is 16.4. The number of rotatable bonds is 13. The maximum atomic E-state index is 12.4. The van der Waals surface area contributed by atoms with Crippen LogP contribution in [0.3, 0.4) is 0 Å². The first-order valence-corrected chi connectivity index (χ1v) is 8.37. The number of amides is 5. The van der Waals surface area contributed by atoms with Gasteiger partial charge in [-0.15, -0.1) is 0 Å². The minimum atomic E-state index is -1.43. The van der Waals surface area contributed by atoms with Gasteiger partial charge in [0, 0.05) is 12.8 Å². The summed E-state index contributed by atoms with van der Waals surface area (Å²) in [5.74, 6) is -5.14. The summed E-state index contributed by atoms with van der Waals surface area (Å²) in [6, 6.07) is -3.76. The van der Waals surface area contributed by atoms with Gasteiger partial charge >= 0.3 is 5.97 Å². The molecule has 10 N–H and O–H groups in total. The first-order chi connectivity index (χ1) is 13.0. The van der Waals surface area contributed by atoms with E-state index in [-0.39, 0.29) is 32.2 Å². The van der Waals surface area contributed by atoms with E-state index in [1.54, 1.807) is 0 Å². The summed E-state index contributed by atoms with van der Waals surface area (Å²) in [6.45, 7) is 1.00. The van der Waals surface area contributed by atoms with E-state index >= 15 is 0 Å². The molecule has 0 aliphatic rings. The summed E-state index contributed by atoms with van der Waals surface area (Å²) in [4.78, 5) is 68.8. The van der Waals surface area contributed by atoms with Crippen molar-refractivity contribution in [2.45, 2.75) is 50.7 Å². The van der Waals surface area contributed by atoms with Crippen LogP contribution in [0.25, 0.3) is 0 Å². The quantitative estimate of drug-likeness (QED) is 0.160. The van der Waals surface area contributed by atoms with Gasteiger partial charge < -0.3 is 38.3 Å². The zero-order chi connectivity index (χ0) is 21.9. The number of carbonyl (C=O) groups excluding carboxylic acids is 5. The number of carboxylic acids is 1. The van der Waals surface area contributed by atoms with Gasteiger partial charge in [0.25, 0.3) is 0 Å². The summed E-state index contributed by atoms with van der Waals surface area (Å²) in [5, 5.41) is 15.9. The molecule has 0 aromatic carbocycles. The van der Waals surface area contributed by atoms with Gasteiger partial charge in [-0.25, -0.2) is 4.79 Å². The maximum absolute atomic E-state index is 12.4. The van der Waals surface area contributed by atoms with E-state index in [2.05, 4.69) is 16.0 Å². The van der Waals surface area contributed by atoms with Gasteiger partial charge in [-0.3, -0.25) is 24.0 Å². The minimum Gasteiger partial charge on any atom is -0.480 e. The van der Waals surface area contributed by atoms with Crippen LogP contribution in [0.2, 0.25) is 0 Å². The lowest BCUT2D eigenvalue weighted by molar-refractivity contribution is -0.142. The molecule has 5 amide bonds. The zero-order valence-corrected chi connectivity index (χ0v) is 15.4. The Morgan fingerprint density at radius 1 is 0.821 bits per heavy atom. The van der Waals surface area contributed by atoms with Crippen LogP contribution in [0.4, 0.5) is 0 Å². The van der Waals surface area contributed by atoms with E-state index in [0.717, 1.165) is 0 Å². The Kier molecular flexibility index (Phi) is 10.8. The largest absolute Gasteiger partial charge is 0.480 e. The van der Waals surface area contributed by atoms with Crippen LogP contribution in [-0.4, -0.2) is 65.3 Å². The van der Waals surface area contributed by atoms with E-state index in [0.29, 0.717) is 0 Å². The molecule has 28 heavy (non-hydrogen) atoms. The van der Waals surface area contributed by atoms with Gasteiger partial charge in [-0.1, -0.05) is 0 Å². The summed E-state index contributed by atoms with van der Waals surface area (Å²) < 4.78 is 0. The molecule has 0 spiro atoms. The number of hydrogen-bond donors (Lipinski definition) is 7. The molecule has 0 aromatic rings. The van der Waals surface area contributed by atoms with E-state index in [1.165, 1.54) is 6.92 Å². The molecule has 0 bridgehead atoms. The van der Waals surface area contributed by atoms with Gasteiger partial charge in [0.1, 0.15) is 18.1 Å². The Balaban J connectivity index is 5.13. The van der Waals surface area contributed by atoms with Crippen LogP contribution < -0.4 is 33.2 Å². The monoisotopic (exact) mass is 402 g/mol. The minimum absolute atomic E-state index is 0.202. The Bertz CT molecular complexity index is 624. The number of hydrogen-bond acceptors (Lipinski definition) is 7. The van der Waals surface area contributed by atoms with Crippen molar-refractivity contribution in [2.24, 2.45) is 17.2 Å². The average Bonchev–Trinajstić information content (AvgIpc) is 2.60. The Morgan fingerprint density at radius 3 is 1.71 bits per heavy atom. The third-order valence-corrected chi connectivity index (χ3v) is 3.56. The SMILES string of the molecule is CC(NC(=O)CN)C(=O)NC(CCC(N)=O)C(=O)NC(CCC(N)=O)C(=O)O. The fraction of sp³-hybridized carbons (Fsp3) is 0.600. The molecule has 3 unspecified atom stereocenters. The standard InChI is InChI=1S/C15H26N6O7/c1-7(19-12(24)6-16)13(25)20-8(2-4-10(17)22)14(26)21-9(15(27)28)3-5-11(18)23/h7-9H,2-6,16H2,1H3,(H2,17,22)(H2,18,23)(H,19,24)(H,20,25)(H,21,26)(H,27,28). The lowest BCUT2D eigenvalue weighted by Gasteiger charge is -2.23.